The third-order valence-electron chi connectivity index (χ3n) is 4.52. The molecule has 9 heteroatoms. The molecule has 3 heterocycles. The minimum absolute atomic E-state index is 0.0312. The van der Waals surface area contributed by atoms with E-state index in [1.165, 1.54) is 16.0 Å². The van der Waals surface area contributed by atoms with Crippen molar-refractivity contribution in [3.05, 3.63) is 56.1 Å². The number of aromatic amines is 2. The Morgan fingerprint density at radius 2 is 2.07 bits per heavy atom. The second-order valence-corrected chi connectivity index (χ2v) is 7.34. The van der Waals surface area contributed by atoms with E-state index >= 15 is 0 Å². The summed E-state index contributed by atoms with van der Waals surface area (Å²) in [6.45, 7) is 3.76. The molecular formula is C19H18N4O4S. The molecule has 2 N–H and O–H groups in total. The van der Waals surface area contributed by atoms with Gasteiger partial charge in [0.2, 0.25) is 5.13 Å². The van der Waals surface area contributed by atoms with Gasteiger partial charge in [-0.1, -0.05) is 23.5 Å². The molecule has 0 spiro atoms. The molecule has 0 aliphatic rings. The Kier molecular flexibility index (Phi) is 4.60. The largest absolute Gasteiger partial charge is 0.466 e. The lowest BCUT2D eigenvalue weighted by Gasteiger charge is -2.05. The predicted molar refractivity (Wildman–Crippen MR) is 107 cm³/mol. The van der Waals surface area contributed by atoms with Crippen molar-refractivity contribution in [2.75, 3.05) is 6.61 Å². The first-order chi connectivity index (χ1) is 13.5. The van der Waals surface area contributed by atoms with E-state index in [1.54, 1.807) is 13.8 Å². The van der Waals surface area contributed by atoms with Gasteiger partial charge in [-0.05, 0) is 32.4 Å². The number of para-hydroxylation sites is 1. The van der Waals surface area contributed by atoms with E-state index in [0.717, 1.165) is 10.2 Å². The highest BCUT2D eigenvalue weighted by atomic mass is 32.1. The third-order valence-corrected chi connectivity index (χ3v) is 5.54. The number of carbonyl (C=O) groups excluding carboxylic acids is 1. The van der Waals surface area contributed by atoms with Crippen LogP contribution in [-0.4, -0.2) is 32.3 Å². The number of ether oxygens (including phenoxy) is 1. The summed E-state index contributed by atoms with van der Waals surface area (Å²) >= 11 is 1.36. The van der Waals surface area contributed by atoms with Gasteiger partial charge in [-0.25, -0.2) is 4.98 Å². The number of nitrogens with zero attached hydrogens (tertiary/aromatic N) is 2. The highest BCUT2D eigenvalue weighted by Crippen LogP contribution is 2.23. The predicted octanol–water partition coefficient (Wildman–Crippen LogP) is 2.42. The first kappa shape index (κ1) is 18.2. The third kappa shape index (κ3) is 3.03. The first-order valence-electron chi connectivity index (χ1n) is 8.87. The maximum absolute atomic E-state index is 12.9. The number of benzene rings is 1. The summed E-state index contributed by atoms with van der Waals surface area (Å²) in [5, 5.41) is 3.43. The minimum atomic E-state index is -0.465. The Morgan fingerprint density at radius 3 is 2.82 bits per heavy atom. The number of nitrogens with one attached hydrogen (secondary N) is 2. The SMILES string of the molecule is CCOC(=O)CCc1c(C)[nH]c2[nH]n(-c3nc4ccccc4s3)c(=O)c2c1=O. The molecule has 0 radical (unpaired) electrons. The van der Waals surface area contributed by atoms with Gasteiger partial charge in [-0.15, -0.1) is 0 Å². The summed E-state index contributed by atoms with van der Waals surface area (Å²) in [7, 11) is 0. The lowest BCUT2D eigenvalue weighted by molar-refractivity contribution is -0.143. The van der Waals surface area contributed by atoms with Gasteiger partial charge in [-0.3, -0.25) is 19.5 Å². The van der Waals surface area contributed by atoms with Crippen molar-refractivity contribution in [2.45, 2.75) is 26.7 Å². The zero-order valence-electron chi connectivity index (χ0n) is 15.4. The quantitative estimate of drug-likeness (QED) is 0.502. The van der Waals surface area contributed by atoms with Gasteiger partial charge in [0.1, 0.15) is 11.0 Å². The molecule has 0 fully saturated rings. The standard InChI is InChI=1S/C19H18N4O4S/c1-3-27-14(24)9-8-11-10(2)20-17-15(16(11)25)18(26)23(22-17)19-21-12-6-4-5-7-13(12)28-19/h4-7H,3,8-9H2,1-2H3,(H2,20,22,25). The molecule has 0 saturated heterocycles. The second-order valence-electron chi connectivity index (χ2n) is 6.33. The van der Waals surface area contributed by atoms with Crippen molar-refractivity contribution < 1.29 is 9.53 Å². The van der Waals surface area contributed by atoms with E-state index in [2.05, 4.69) is 15.1 Å². The highest BCUT2D eigenvalue weighted by Gasteiger charge is 2.19. The Hall–Kier alpha value is -3.20. The van der Waals surface area contributed by atoms with Crippen LogP contribution >= 0.6 is 11.3 Å². The number of hydrogen-bond acceptors (Lipinski definition) is 6. The van der Waals surface area contributed by atoms with Crippen molar-refractivity contribution >= 4 is 38.6 Å². The van der Waals surface area contributed by atoms with Crippen LogP contribution in [-0.2, 0) is 16.0 Å². The van der Waals surface area contributed by atoms with E-state index in [1.807, 2.05) is 24.3 Å². The van der Waals surface area contributed by atoms with E-state index in [0.29, 0.717) is 22.0 Å². The van der Waals surface area contributed by atoms with Crippen molar-refractivity contribution in [2.24, 2.45) is 0 Å². The van der Waals surface area contributed by atoms with Crippen LogP contribution < -0.4 is 11.0 Å². The van der Waals surface area contributed by atoms with Gasteiger partial charge in [-0.2, -0.15) is 4.68 Å². The van der Waals surface area contributed by atoms with E-state index in [-0.39, 0.29) is 36.2 Å². The summed E-state index contributed by atoms with van der Waals surface area (Å²) < 4.78 is 7.14. The Bertz CT molecular complexity index is 1280. The molecule has 8 nitrogen and oxygen atoms in total. The van der Waals surface area contributed by atoms with Crippen LogP contribution in [0.15, 0.2) is 33.9 Å². The van der Waals surface area contributed by atoms with Crippen LogP contribution in [0.25, 0.3) is 26.4 Å². The summed E-state index contributed by atoms with van der Waals surface area (Å²) in [5.74, 6) is -0.373. The molecule has 144 valence electrons. The van der Waals surface area contributed by atoms with E-state index in [9.17, 15) is 14.4 Å². The van der Waals surface area contributed by atoms with Crippen LogP contribution in [0, 0.1) is 6.92 Å². The number of thiazole rings is 1. The van der Waals surface area contributed by atoms with Crippen molar-refractivity contribution in [1.82, 2.24) is 19.7 Å². The van der Waals surface area contributed by atoms with Gasteiger partial charge in [0.05, 0.1) is 16.8 Å². The molecule has 3 aromatic heterocycles. The van der Waals surface area contributed by atoms with Gasteiger partial charge in [0, 0.05) is 17.7 Å². The molecule has 0 saturated carbocycles. The Balaban J connectivity index is 1.80. The maximum atomic E-state index is 12.9. The topological polar surface area (TPSA) is 110 Å². The number of aromatic nitrogens is 4. The average molecular weight is 398 g/mol. The number of fused-ring (bicyclic) bond motifs is 2. The minimum Gasteiger partial charge on any atom is -0.466 e. The molecule has 0 aliphatic carbocycles. The fraction of sp³-hybridized carbons (Fsp3) is 0.263. The number of aryl methyl sites for hydroxylation is 1. The Labute approximate surface area is 162 Å². The van der Waals surface area contributed by atoms with Gasteiger partial charge in [0.25, 0.3) is 5.56 Å². The van der Waals surface area contributed by atoms with Crippen LogP contribution in [0.5, 0.6) is 0 Å². The second kappa shape index (κ2) is 7.08. The number of H-pyrrole nitrogens is 2. The van der Waals surface area contributed by atoms with Crippen LogP contribution in [0.3, 0.4) is 0 Å². The summed E-state index contributed by atoms with van der Waals surface area (Å²) in [6.07, 6.45) is 0.293. The zero-order chi connectivity index (χ0) is 19.8. The molecule has 4 rings (SSSR count). The molecule has 4 aromatic rings. The first-order valence-corrected chi connectivity index (χ1v) is 9.69. The number of carbonyl (C=O) groups is 1. The van der Waals surface area contributed by atoms with Gasteiger partial charge in [0.15, 0.2) is 5.43 Å². The van der Waals surface area contributed by atoms with Gasteiger partial charge >= 0.3 is 5.97 Å². The zero-order valence-corrected chi connectivity index (χ0v) is 16.2. The lowest BCUT2D eigenvalue weighted by atomic mass is 10.1. The normalized spacial score (nSPS) is 11.4. The number of hydrogen-bond donors (Lipinski definition) is 2. The van der Waals surface area contributed by atoms with Crippen molar-refractivity contribution in [1.29, 1.82) is 0 Å². The molecule has 28 heavy (non-hydrogen) atoms. The number of rotatable bonds is 5. The molecular weight excluding hydrogens is 380 g/mol. The van der Waals surface area contributed by atoms with E-state index < -0.39 is 5.56 Å². The lowest BCUT2D eigenvalue weighted by Crippen LogP contribution is -2.21. The number of pyridine rings is 1. The van der Waals surface area contributed by atoms with Crippen molar-refractivity contribution in [3.63, 3.8) is 0 Å². The summed E-state index contributed by atoms with van der Waals surface area (Å²) in [4.78, 5) is 45.0. The van der Waals surface area contributed by atoms with Crippen LogP contribution in [0.2, 0.25) is 0 Å². The van der Waals surface area contributed by atoms with E-state index in [4.69, 9.17) is 4.74 Å². The Morgan fingerprint density at radius 1 is 1.29 bits per heavy atom. The maximum Gasteiger partial charge on any atom is 0.306 e. The fourth-order valence-electron chi connectivity index (χ4n) is 3.17. The highest BCUT2D eigenvalue weighted by molar-refractivity contribution is 7.20. The summed E-state index contributed by atoms with van der Waals surface area (Å²) in [6, 6.07) is 7.57. The van der Waals surface area contributed by atoms with Gasteiger partial charge < -0.3 is 9.72 Å². The number of esters is 1. The monoisotopic (exact) mass is 398 g/mol. The van der Waals surface area contributed by atoms with Crippen LogP contribution in [0.4, 0.5) is 0 Å². The van der Waals surface area contributed by atoms with Crippen LogP contribution in [0.1, 0.15) is 24.6 Å². The summed E-state index contributed by atoms with van der Waals surface area (Å²) in [5.41, 5.74) is 1.30. The molecule has 1 aromatic carbocycles. The average Bonchev–Trinajstić information content (AvgIpc) is 3.22. The molecule has 0 bridgehead atoms. The molecule has 0 aliphatic heterocycles. The van der Waals surface area contributed by atoms with Crippen molar-refractivity contribution in [3.8, 4) is 5.13 Å². The smallest absolute Gasteiger partial charge is 0.306 e. The molecule has 0 atom stereocenters. The fourth-order valence-corrected chi connectivity index (χ4v) is 4.10. The molecule has 0 amide bonds. The molecule has 0 unspecified atom stereocenters.